The van der Waals surface area contributed by atoms with E-state index >= 15 is 0 Å². The Hall–Kier alpha value is -1.89. The van der Waals surface area contributed by atoms with Gasteiger partial charge in [-0.2, -0.15) is 0 Å². The fourth-order valence-electron chi connectivity index (χ4n) is 3.60. The molecule has 1 N–H and O–H groups in total. The first-order valence-electron chi connectivity index (χ1n) is 9.34. The number of nitrogens with zero attached hydrogens (tertiary/aromatic N) is 4. The minimum Gasteiger partial charge on any atom is -0.353 e. The first kappa shape index (κ1) is 17.5. The van der Waals surface area contributed by atoms with Crippen LogP contribution in [0.25, 0.3) is 0 Å². The summed E-state index contributed by atoms with van der Waals surface area (Å²) in [5, 5.41) is 7.96. The summed E-state index contributed by atoms with van der Waals surface area (Å²) in [4.78, 5) is 12.3. The molecule has 138 valence electrons. The van der Waals surface area contributed by atoms with Crippen LogP contribution < -0.4 is 5.32 Å². The third-order valence-electron chi connectivity index (χ3n) is 5.05. The molecule has 3 heterocycles. The fraction of sp³-hybridized carbons (Fsp3) is 0.450. The SMILES string of the molecule is CN(C)CCCN1CCN(C2=Nc3ccccc3Nc3cscc32)CC1. The number of hydrogen-bond donors (Lipinski definition) is 1. The van der Waals surface area contributed by atoms with E-state index in [2.05, 4.69) is 69.1 Å². The highest BCUT2D eigenvalue weighted by atomic mass is 32.1. The Morgan fingerprint density at radius 2 is 1.88 bits per heavy atom. The quantitative estimate of drug-likeness (QED) is 0.895. The van der Waals surface area contributed by atoms with Crippen LogP contribution in [0.4, 0.5) is 17.1 Å². The summed E-state index contributed by atoms with van der Waals surface area (Å²) in [6, 6.07) is 8.31. The van der Waals surface area contributed by atoms with E-state index < -0.39 is 0 Å². The average Bonchev–Trinajstić information content (AvgIpc) is 3.03. The van der Waals surface area contributed by atoms with Crippen molar-refractivity contribution in [2.75, 3.05) is 58.7 Å². The smallest absolute Gasteiger partial charge is 0.139 e. The van der Waals surface area contributed by atoms with Crippen LogP contribution in [0.1, 0.15) is 12.0 Å². The van der Waals surface area contributed by atoms with E-state index in [9.17, 15) is 0 Å². The van der Waals surface area contributed by atoms with E-state index in [4.69, 9.17) is 4.99 Å². The van der Waals surface area contributed by atoms with Crippen LogP contribution in [0, 0.1) is 0 Å². The molecule has 5 nitrogen and oxygen atoms in total. The maximum absolute atomic E-state index is 5.05. The molecule has 0 atom stereocenters. The van der Waals surface area contributed by atoms with Gasteiger partial charge in [0.05, 0.1) is 22.6 Å². The monoisotopic (exact) mass is 369 g/mol. The lowest BCUT2D eigenvalue weighted by molar-refractivity contribution is 0.176. The van der Waals surface area contributed by atoms with Gasteiger partial charge in [-0.25, -0.2) is 4.99 Å². The Bertz CT molecular complexity index is 774. The van der Waals surface area contributed by atoms with Crippen LogP contribution in [-0.4, -0.2) is 73.9 Å². The molecular weight excluding hydrogens is 342 g/mol. The summed E-state index contributed by atoms with van der Waals surface area (Å²) in [6.45, 7) is 6.65. The summed E-state index contributed by atoms with van der Waals surface area (Å²) < 4.78 is 0. The van der Waals surface area contributed by atoms with E-state index in [1.807, 2.05) is 0 Å². The lowest BCUT2D eigenvalue weighted by Gasteiger charge is -2.36. The number of anilines is 2. The topological polar surface area (TPSA) is 34.1 Å². The van der Waals surface area contributed by atoms with Crippen LogP contribution in [0.3, 0.4) is 0 Å². The zero-order valence-electron chi connectivity index (χ0n) is 15.6. The molecule has 0 radical (unpaired) electrons. The van der Waals surface area contributed by atoms with Crippen molar-refractivity contribution in [2.45, 2.75) is 6.42 Å². The number of hydrogen-bond acceptors (Lipinski definition) is 6. The lowest BCUT2D eigenvalue weighted by atomic mass is 10.2. The fourth-order valence-corrected chi connectivity index (χ4v) is 4.36. The summed E-state index contributed by atoms with van der Waals surface area (Å²) >= 11 is 1.74. The maximum Gasteiger partial charge on any atom is 0.139 e. The number of rotatable bonds is 4. The largest absolute Gasteiger partial charge is 0.353 e. The molecule has 1 aromatic carbocycles. The molecule has 6 heteroatoms. The van der Waals surface area contributed by atoms with Crippen LogP contribution in [-0.2, 0) is 0 Å². The van der Waals surface area contributed by atoms with E-state index in [0.29, 0.717) is 0 Å². The van der Waals surface area contributed by atoms with Crippen molar-refractivity contribution in [3.63, 3.8) is 0 Å². The van der Waals surface area contributed by atoms with Crippen molar-refractivity contribution in [1.29, 1.82) is 0 Å². The van der Waals surface area contributed by atoms with Crippen LogP contribution in [0.5, 0.6) is 0 Å². The molecule has 0 saturated carbocycles. The van der Waals surface area contributed by atoms with Gasteiger partial charge in [-0.05, 0) is 45.7 Å². The Morgan fingerprint density at radius 3 is 2.69 bits per heavy atom. The highest BCUT2D eigenvalue weighted by Gasteiger charge is 2.25. The molecule has 2 aromatic rings. The third-order valence-corrected chi connectivity index (χ3v) is 5.80. The van der Waals surface area contributed by atoms with Gasteiger partial charge in [-0.1, -0.05) is 12.1 Å². The van der Waals surface area contributed by atoms with E-state index in [-0.39, 0.29) is 0 Å². The number of benzene rings is 1. The van der Waals surface area contributed by atoms with Crippen molar-refractivity contribution in [3.05, 3.63) is 40.6 Å². The molecule has 0 aliphatic carbocycles. The number of aliphatic imine (C=N–C) groups is 1. The molecule has 4 rings (SSSR count). The van der Waals surface area contributed by atoms with Crippen LogP contribution in [0.15, 0.2) is 40.0 Å². The zero-order valence-corrected chi connectivity index (χ0v) is 16.4. The minimum absolute atomic E-state index is 1.03. The van der Waals surface area contributed by atoms with Gasteiger partial charge in [-0.15, -0.1) is 11.3 Å². The molecule has 0 unspecified atom stereocenters. The van der Waals surface area contributed by atoms with Crippen LogP contribution >= 0.6 is 11.3 Å². The number of para-hydroxylation sites is 2. The number of amidine groups is 1. The first-order valence-corrected chi connectivity index (χ1v) is 10.3. The highest BCUT2D eigenvalue weighted by molar-refractivity contribution is 7.08. The minimum atomic E-state index is 1.03. The molecule has 1 aromatic heterocycles. The number of piperazine rings is 1. The lowest BCUT2D eigenvalue weighted by Crippen LogP contribution is -2.49. The summed E-state index contributed by atoms with van der Waals surface area (Å²) in [5.74, 6) is 1.12. The average molecular weight is 370 g/mol. The van der Waals surface area contributed by atoms with Gasteiger partial charge in [-0.3, -0.25) is 4.90 Å². The number of nitrogens with one attached hydrogen (secondary N) is 1. The third kappa shape index (κ3) is 3.77. The van der Waals surface area contributed by atoms with Crippen molar-refractivity contribution in [1.82, 2.24) is 14.7 Å². The Kier molecular flexibility index (Phi) is 5.24. The second kappa shape index (κ2) is 7.78. The molecular formula is C20H27N5S. The predicted molar refractivity (Wildman–Crippen MR) is 111 cm³/mol. The predicted octanol–water partition coefficient (Wildman–Crippen LogP) is 3.45. The highest BCUT2D eigenvalue weighted by Crippen LogP contribution is 2.36. The molecule has 0 spiro atoms. The standard InChI is InChI=1S/C20H27N5S/c1-23(2)8-5-9-24-10-12-25(13-11-24)20-16-14-26-15-19(16)21-17-6-3-4-7-18(17)22-20/h3-4,6-7,14-15,21H,5,8-13H2,1-2H3. The maximum atomic E-state index is 5.05. The molecule has 26 heavy (non-hydrogen) atoms. The van der Waals surface area contributed by atoms with Crippen molar-refractivity contribution in [2.24, 2.45) is 4.99 Å². The zero-order chi connectivity index (χ0) is 17.9. The van der Waals surface area contributed by atoms with Gasteiger partial charge in [0, 0.05) is 36.9 Å². The second-order valence-electron chi connectivity index (χ2n) is 7.26. The van der Waals surface area contributed by atoms with E-state index in [1.165, 1.54) is 24.2 Å². The summed E-state index contributed by atoms with van der Waals surface area (Å²) in [6.07, 6.45) is 1.24. The van der Waals surface area contributed by atoms with Gasteiger partial charge < -0.3 is 15.1 Å². The molecule has 1 saturated heterocycles. The molecule has 0 bridgehead atoms. The summed E-state index contributed by atoms with van der Waals surface area (Å²) in [5.41, 5.74) is 4.51. The Morgan fingerprint density at radius 1 is 1.08 bits per heavy atom. The van der Waals surface area contributed by atoms with Crippen molar-refractivity contribution >= 4 is 34.2 Å². The number of fused-ring (bicyclic) bond motifs is 2. The van der Waals surface area contributed by atoms with Crippen LogP contribution in [0.2, 0.25) is 0 Å². The van der Waals surface area contributed by atoms with E-state index in [0.717, 1.165) is 49.9 Å². The summed E-state index contributed by atoms with van der Waals surface area (Å²) in [7, 11) is 4.29. The number of thiophene rings is 1. The van der Waals surface area contributed by atoms with Crippen molar-refractivity contribution < 1.29 is 0 Å². The Balaban J connectivity index is 1.49. The molecule has 0 amide bonds. The van der Waals surface area contributed by atoms with Gasteiger partial charge in [0.1, 0.15) is 5.84 Å². The molecule has 1 fully saturated rings. The van der Waals surface area contributed by atoms with Gasteiger partial charge in [0.25, 0.3) is 0 Å². The second-order valence-corrected chi connectivity index (χ2v) is 8.01. The van der Waals surface area contributed by atoms with Crippen molar-refractivity contribution in [3.8, 4) is 0 Å². The van der Waals surface area contributed by atoms with E-state index in [1.54, 1.807) is 11.3 Å². The molecule has 2 aliphatic rings. The van der Waals surface area contributed by atoms with Gasteiger partial charge in [0.2, 0.25) is 0 Å². The van der Waals surface area contributed by atoms with Gasteiger partial charge in [0.15, 0.2) is 0 Å². The Labute approximate surface area is 159 Å². The normalized spacial score (nSPS) is 17.3. The first-order chi connectivity index (χ1) is 12.7. The van der Waals surface area contributed by atoms with Gasteiger partial charge >= 0.3 is 0 Å². The molecule has 2 aliphatic heterocycles.